The summed E-state index contributed by atoms with van der Waals surface area (Å²) >= 11 is 7.59. The number of halogens is 2. The van der Waals surface area contributed by atoms with Gasteiger partial charge in [0.25, 0.3) is 5.91 Å². The molecule has 0 aliphatic carbocycles. The predicted molar refractivity (Wildman–Crippen MR) is 83.4 cm³/mol. The molecule has 1 aliphatic rings. The first kappa shape index (κ1) is 14.4. The summed E-state index contributed by atoms with van der Waals surface area (Å²) < 4.78 is 13.4. The minimum atomic E-state index is -0.279. The van der Waals surface area contributed by atoms with Crippen LogP contribution in [0.25, 0.3) is 0 Å². The molecule has 1 atom stereocenters. The molecule has 0 radical (unpaired) electrons. The molecule has 0 aromatic heterocycles. The maximum Gasteiger partial charge on any atom is 0.251 e. The Bertz CT molecular complexity index is 692. The number of carbonyl (C=O) groups excluding carboxylic acids is 1. The van der Waals surface area contributed by atoms with E-state index in [2.05, 4.69) is 5.32 Å². The van der Waals surface area contributed by atoms with Crippen LogP contribution in [-0.2, 0) is 0 Å². The molecule has 0 bridgehead atoms. The Hall–Kier alpha value is -1.52. The fourth-order valence-electron chi connectivity index (χ4n) is 2.39. The van der Waals surface area contributed by atoms with Gasteiger partial charge in [0.1, 0.15) is 5.82 Å². The molecule has 2 aromatic carbocycles. The molecule has 3 rings (SSSR count). The normalized spacial score (nSPS) is 17.1. The van der Waals surface area contributed by atoms with Crippen LogP contribution in [0.1, 0.15) is 28.4 Å². The molecule has 1 aliphatic heterocycles. The molecule has 108 valence electrons. The molecular weight excluding hydrogens is 309 g/mol. The molecule has 5 heteroatoms. The van der Waals surface area contributed by atoms with Crippen LogP contribution in [0.3, 0.4) is 0 Å². The van der Waals surface area contributed by atoms with E-state index in [1.54, 1.807) is 42.1 Å². The first-order valence-electron chi connectivity index (χ1n) is 6.62. The van der Waals surface area contributed by atoms with Gasteiger partial charge in [-0.15, -0.1) is 11.8 Å². The fourth-order valence-corrected chi connectivity index (χ4v) is 3.68. The highest BCUT2D eigenvalue weighted by Gasteiger charge is 2.23. The standard InChI is InChI=1S/C16H13ClFNOS/c17-11-3-1-2-10(8-11)16(20)19-14-6-7-21-15-5-4-12(18)9-13(14)15/h1-5,8-9,14H,6-7H2,(H,19,20)/t14-/m1/s1. The highest BCUT2D eigenvalue weighted by Crippen LogP contribution is 2.36. The van der Waals surface area contributed by atoms with Gasteiger partial charge in [-0.2, -0.15) is 0 Å². The van der Waals surface area contributed by atoms with E-state index in [4.69, 9.17) is 11.6 Å². The minimum Gasteiger partial charge on any atom is -0.345 e. The van der Waals surface area contributed by atoms with Crippen molar-refractivity contribution < 1.29 is 9.18 Å². The van der Waals surface area contributed by atoms with Crippen LogP contribution in [0.15, 0.2) is 47.4 Å². The maximum atomic E-state index is 13.4. The van der Waals surface area contributed by atoms with Gasteiger partial charge < -0.3 is 5.32 Å². The Morgan fingerprint density at radius 3 is 2.95 bits per heavy atom. The highest BCUT2D eigenvalue weighted by molar-refractivity contribution is 7.99. The monoisotopic (exact) mass is 321 g/mol. The number of carbonyl (C=O) groups is 1. The molecule has 2 aromatic rings. The van der Waals surface area contributed by atoms with E-state index in [0.29, 0.717) is 10.6 Å². The van der Waals surface area contributed by atoms with Crippen molar-refractivity contribution in [3.63, 3.8) is 0 Å². The Balaban J connectivity index is 1.83. The SMILES string of the molecule is O=C(N[C@@H]1CCSc2ccc(F)cc21)c1cccc(Cl)c1. The molecular formula is C16H13ClFNOS. The van der Waals surface area contributed by atoms with Gasteiger partial charge in [0.2, 0.25) is 0 Å². The molecule has 1 N–H and O–H groups in total. The van der Waals surface area contributed by atoms with Gasteiger partial charge in [0.05, 0.1) is 6.04 Å². The summed E-state index contributed by atoms with van der Waals surface area (Å²) in [6.07, 6.45) is 0.785. The number of benzene rings is 2. The lowest BCUT2D eigenvalue weighted by atomic mass is 10.0. The summed E-state index contributed by atoms with van der Waals surface area (Å²) in [5.74, 6) is 0.432. The topological polar surface area (TPSA) is 29.1 Å². The lowest BCUT2D eigenvalue weighted by Gasteiger charge is -2.26. The zero-order valence-corrected chi connectivity index (χ0v) is 12.7. The van der Waals surface area contributed by atoms with Crippen LogP contribution in [0.4, 0.5) is 4.39 Å². The van der Waals surface area contributed by atoms with Crippen molar-refractivity contribution in [3.8, 4) is 0 Å². The molecule has 21 heavy (non-hydrogen) atoms. The summed E-state index contributed by atoms with van der Waals surface area (Å²) in [7, 11) is 0. The Morgan fingerprint density at radius 1 is 1.29 bits per heavy atom. The van der Waals surface area contributed by atoms with Gasteiger partial charge in [-0.25, -0.2) is 4.39 Å². The molecule has 2 nitrogen and oxygen atoms in total. The van der Waals surface area contributed by atoms with Crippen molar-refractivity contribution in [2.45, 2.75) is 17.4 Å². The Morgan fingerprint density at radius 2 is 2.14 bits per heavy atom. The zero-order chi connectivity index (χ0) is 14.8. The summed E-state index contributed by atoms with van der Waals surface area (Å²) in [6.45, 7) is 0. The molecule has 1 heterocycles. The van der Waals surface area contributed by atoms with E-state index in [0.717, 1.165) is 22.6 Å². The average Bonchev–Trinajstić information content (AvgIpc) is 2.48. The summed E-state index contributed by atoms with van der Waals surface area (Å²) in [5, 5.41) is 3.49. The van der Waals surface area contributed by atoms with Crippen molar-refractivity contribution in [3.05, 3.63) is 64.4 Å². The van der Waals surface area contributed by atoms with E-state index < -0.39 is 0 Å². The number of rotatable bonds is 2. The fraction of sp³-hybridized carbons (Fsp3) is 0.188. The smallest absolute Gasteiger partial charge is 0.251 e. The lowest BCUT2D eigenvalue weighted by molar-refractivity contribution is 0.0935. The van der Waals surface area contributed by atoms with E-state index >= 15 is 0 Å². The number of hydrogen-bond acceptors (Lipinski definition) is 2. The van der Waals surface area contributed by atoms with Crippen molar-refractivity contribution in [2.24, 2.45) is 0 Å². The average molecular weight is 322 g/mol. The Labute approximate surface area is 131 Å². The Kier molecular flexibility index (Phi) is 4.17. The quantitative estimate of drug-likeness (QED) is 0.885. The first-order valence-corrected chi connectivity index (χ1v) is 7.98. The first-order chi connectivity index (χ1) is 10.1. The lowest BCUT2D eigenvalue weighted by Crippen LogP contribution is -2.30. The molecule has 0 unspecified atom stereocenters. The molecule has 0 saturated heterocycles. The number of fused-ring (bicyclic) bond motifs is 1. The predicted octanol–water partition coefficient (Wildman–Crippen LogP) is 4.45. The van der Waals surface area contributed by atoms with E-state index in [1.165, 1.54) is 12.1 Å². The summed E-state index contributed by atoms with van der Waals surface area (Å²) in [5.41, 5.74) is 1.36. The second-order valence-electron chi connectivity index (χ2n) is 4.86. The van der Waals surface area contributed by atoms with Crippen molar-refractivity contribution in [2.75, 3.05) is 5.75 Å². The third kappa shape index (κ3) is 3.22. The third-order valence-electron chi connectivity index (χ3n) is 3.40. The van der Waals surface area contributed by atoms with Crippen LogP contribution < -0.4 is 5.32 Å². The van der Waals surface area contributed by atoms with Crippen LogP contribution in [0.5, 0.6) is 0 Å². The van der Waals surface area contributed by atoms with Gasteiger partial charge in [-0.1, -0.05) is 17.7 Å². The largest absolute Gasteiger partial charge is 0.345 e. The van der Waals surface area contributed by atoms with Gasteiger partial charge in [-0.3, -0.25) is 4.79 Å². The number of amides is 1. The summed E-state index contributed by atoms with van der Waals surface area (Å²) in [4.78, 5) is 13.3. The maximum absolute atomic E-state index is 13.4. The van der Waals surface area contributed by atoms with E-state index in [-0.39, 0.29) is 17.8 Å². The minimum absolute atomic E-state index is 0.163. The summed E-state index contributed by atoms with van der Waals surface area (Å²) in [6, 6.07) is 11.4. The second-order valence-corrected chi connectivity index (χ2v) is 6.43. The van der Waals surface area contributed by atoms with Gasteiger partial charge in [0.15, 0.2) is 0 Å². The molecule has 0 saturated carbocycles. The third-order valence-corrected chi connectivity index (χ3v) is 4.76. The second kappa shape index (κ2) is 6.08. The molecule has 0 fully saturated rings. The van der Waals surface area contributed by atoms with E-state index in [1.807, 2.05) is 0 Å². The van der Waals surface area contributed by atoms with Crippen LogP contribution in [0, 0.1) is 5.82 Å². The zero-order valence-electron chi connectivity index (χ0n) is 11.1. The van der Waals surface area contributed by atoms with E-state index in [9.17, 15) is 9.18 Å². The van der Waals surface area contributed by atoms with Crippen LogP contribution in [-0.4, -0.2) is 11.7 Å². The number of thioether (sulfide) groups is 1. The van der Waals surface area contributed by atoms with Crippen molar-refractivity contribution >= 4 is 29.3 Å². The van der Waals surface area contributed by atoms with Crippen molar-refractivity contribution in [1.29, 1.82) is 0 Å². The van der Waals surface area contributed by atoms with Gasteiger partial charge in [-0.05, 0) is 48.4 Å². The van der Waals surface area contributed by atoms with Crippen LogP contribution >= 0.6 is 23.4 Å². The highest BCUT2D eigenvalue weighted by atomic mass is 35.5. The van der Waals surface area contributed by atoms with Gasteiger partial charge >= 0.3 is 0 Å². The van der Waals surface area contributed by atoms with Crippen molar-refractivity contribution in [1.82, 2.24) is 5.32 Å². The molecule has 1 amide bonds. The number of nitrogens with one attached hydrogen (secondary N) is 1. The van der Waals surface area contributed by atoms with Crippen LogP contribution in [0.2, 0.25) is 5.02 Å². The number of hydrogen-bond donors (Lipinski definition) is 1. The van der Waals surface area contributed by atoms with Gasteiger partial charge in [0, 0.05) is 21.2 Å². The molecule has 0 spiro atoms.